The number of benzene rings is 6. The first-order chi connectivity index (χ1) is 22.6. The SMILES string of the molecule is S=P12c3ccc(-c4ccccc4)cc3Oc3cc(-c4cccc(-c5ccccn5)c4)cc(c31)Oc1cc(-c3ccccc3)ccc12. The molecule has 1 aromatic heterocycles. The molecule has 0 fully saturated rings. The molecule has 0 aliphatic carbocycles. The van der Waals surface area contributed by atoms with E-state index in [1.165, 1.54) is 0 Å². The van der Waals surface area contributed by atoms with Gasteiger partial charge in [0.15, 0.2) is 0 Å². The molecular weight excluding hydrogens is 601 g/mol. The molecule has 0 radical (unpaired) electrons. The Balaban J connectivity index is 1.25. The van der Waals surface area contributed by atoms with Crippen LogP contribution in [0.3, 0.4) is 0 Å². The van der Waals surface area contributed by atoms with Crippen molar-refractivity contribution in [3.05, 3.63) is 158 Å². The molecule has 2 aliphatic heterocycles. The van der Waals surface area contributed by atoms with Crippen molar-refractivity contribution in [3.63, 3.8) is 0 Å². The summed E-state index contributed by atoms with van der Waals surface area (Å²) in [5.41, 5.74) is 8.49. The number of hydrogen-bond donors (Lipinski definition) is 0. The average Bonchev–Trinajstić information content (AvgIpc) is 3.12. The fourth-order valence-corrected chi connectivity index (χ4v) is 11.0. The van der Waals surface area contributed by atoms with E-state index in [0.717, 1.165) is 83.5 Å². The van der Waals surface area contributed by atoms with Crippen LogP contribution < -0.4 is 25.4 Å². The second kappa shape index (κ2) is 10.7. The topological polar surface area (TPSA) is 31.4 Å². The summed E-state index contributed by atoms with van der Waals surface area (Å²) in [5.74, 6) is 3.13. The Morgan fingerprint density at radius 3 is 1.48 bits per heavy atom. The van der Waals surface area contributed by atoms with Gasteiger partial charge < -0.3 is 9.47 Å². The molecular formula is C41H26NO2PS. The van der Waals surface area contributed by atoms with Gasteiger partial charge in [0.05, 0.1) is 17.0 Å². The zero-order valence-corrected chi connectivity index (χ0v) is 26.3. The van der Waals surface area contributed by atoms with Crippen molar-refractivity contribution < 1.29 is 9.47 Å². The summed E-state index contributed by atoms with van der Waals surface area (Å²) in [6, 6.07) is 49.9. The van der Waals surface area contributed by atoms with E-state index in [1.54, 1.807) is 0 Å². The van der Waals surface area contributed by atoms with Crippen LogP contribution in [0.4, 0.5) is 0 Å². The van der Waals surface area contributed by atoms with Gasteiger partial charge in [-0.2, -0.15) is 0 Å². The summed E-state index contributed by atoms with van der Waals surface area (Å²) < 4.78 is 13.6. The highest BCUT2D eigenvalue weighted by Crippen LogP contribution is 2.59. The maximum absolute atomic E-state index is 6.87. The second-order valence-corrected chi connectivity index (χ2v) is 15.8. The van der Waals surface area contributed by atoms with E-state index in [0.29, 0.717) is 0 Å². The van der Waals surface area contributed by atoms with Gasteiger partial charge in [0.2, 0.25) is 0 Å². The van der Waals surface area contributed by atoms with Crippen molar-refractivity contribution in [2.75, 3.05) is 0 Å². The number of hydrogen-bond acceptors (Lipinski definition) is 4. The summed E-state index contributed by atoms with van der Waals surface area (Å²) in [5, 5.41) is 3.09. The van der Waals surface area contributed by atoms with Crippen LogP contribution in [-0.2, 0) is 11.8 Å². The lowest BCUT2D eigenvalue weighted by molar-refractivity contribution is 0.467. The van der Waals surface area contributed by atoms with E-state index in [4.69, 9.17) is 21.3 Å². The molecule has 5 heteroatoms. The Morgan fingerprint density at radius 1 is 0.413 bits per heavy atom. The monoisotopic (exact) mass is 627 g/mol. The lowest BCUT2D eigenvalue weighted by atomic mass is 10.0. The summed E-state index contributed by atoms with van der Waals surface area (Å²) in [6.07, 6.45) is 1.82. The van der Waals surface area contributed by atoms with Crippen molar-refractivity contribution in [2.45, 2.75) is 0 Å². The standard InChI is InChI=1S/C41H26NO2PS/c46-45-39-19-17-30(27-10-3-1-4-11-27)23-35(39)43-37-25-33(29-14-9-15-32(22-29)34-16-7-8-21-42-34)26-38(41(37)45)44-36-24-31(18-20-40(36)45)28-12-5-2-6-13-28/h1-26H. The molecule has 0 saturated carbocycles. The molecule has 0 saturated heterocycles. The van der Waals surface area contributed by atoms with Crippen molar-refractivity contribution in [1.29, 1.82) is 0 Å². The maximum Gasteiger partial charge on any atom is 0.140 e. The van der Waals surface area contributed by atoms with Gasteiger partial charge in [0.1, 0.15) is 23.0 Å². The van der Waals surface area contributed by atoms with Gasteiger partial charge in [-0.1, -0.05) is 109 Å². The first kappa shape index (κ1) is 27.1. The summed E-state index contributed by atoms with van der Waals surface area (Å²) in [7, 11) is 0. The molecule has 0 spiro atoms. The van der Waals surface area contributed by atoms with E-state index in [9.17, 15) is 0 Å². The van der Waals surface area contributed by atoms with Crippen LogP contribution >= 0.6 is 6.04 Å². The summed E-state index contributed by atoms with van der Waals surface area (Å²) >= 11 is 6.87. The normalized spacial score (nSPS) is 13.4. The first-order valence-electron chi connectivity index (χ1n) is 15.2. The number of rotatable bonds is 4. The fourth-order valence-electron chi connectivity index (χ4n) is 6.55. The van der Waals surface area contributed by atoms with Crippen LogP contribution in [0.25, 0.3) is 44.6 Å². The van der Waals surface area contributed by atoms with Crippen molar-refractivity contribution in [3.8, 4) is 67.6 Å². The quantitative estimate of drug-likeness (QED) is 0.182. The third-order valence-electron chi connectivity index (χ3n) is 8.76. The second-order valence-electron chi connectivity index (χ2n) is 11.5. The predicted molar refractivity (Wildman–Crippen MR) is 192 cm³/mol. The molecule has 218 valence electrons. The van der Waals surface area contributed by atoms with E-state index in [2.05, 4.69) is 126 Å². The van der Waals surface area contributed by atoms with Gasteiger partial charge in [-0.05, 0) is 88.0 Å². The molecule has 0 unspecified atom stereocenters. The highest BCUT2D eigenvalue weighted by Gasteiger charge is 2.43. The largest absolute Gasteiger partial charge is 0.456 e. The van der Waals surface area contributed by atoms with Crippen LogP contribution in [0.2, 0.25) is 0 Å². The van der Waals surface area contributed by atoms with Crippen molar-refractivity contribution in [2.24, 2.45) is 0 Å². The van der Waals surface area contributed by atoms with Gasteiger partial charge in [-0.3, -0.25) is 4.98 Å². The van der Waals surface area contributed by atoms with Gasteiger partial charge in [0, 0.05) is 22.4 Å². The minimum absolute atomic E-state index is 0.759. The zero-order valence-electron chi connectivity index (χ0n) is 24.6. The van der Waals surface area contributed by atoms with Crippen LogP contribution in [-0.4, -0.2) is 4.98 Å². The molecule has 3 nitrogen and oxygen atoms in total. The van der Waals surface area contributed by atoms with E-state index < -0.39 is 6.04 Å². The van der Waals surface area contributed by atoms with Crippen molar-refractivity contribution in [1.82, 2.24) is 4.98 Å². The molecule has 0 atom stereocenters. The Hall–Kier alpha value is -5.28. The number of ether oxygens (including phenoxy) is 2. The van der Waals surface area contributed by atoms with Gasteiger partial charge in [-0.15, -0.1) is 0 Å². The van der Waals surface area contributed by atoms with Crippen LogP contribution in [0.15, 0.2) is 158 Å². The minimum Gasteiger partial charge on any atom is -0.456 e. The lowest BCUT2D eigenvalue weighted by Gasteiger charge is -2.38. The first-order valence-corrected chi connectivity index (χ1v) is 18.0. The predicted octanol–water partition coefficient (Wildman–Crippen LogP) is 9.72. The third kappa shape index (κ3) is 4.34. The molecule has 46 heavy (non-hydrogen) atoms. The molecule has 0 bridgehead atoms. The Kier molecular flexibility index (Phi) is 6.28. The Bertz CT molecular complexity index is 2220. The molecule has 3 heterocycles. The lowest BCUT2D eigenvalue weighted by Crippen LogP contribution is -2.35. The highest BCUT2D eigenvalue weighted by atomic mass is 32.4. The minimum atomic E-state index is -2.53. The van der Waals surface area contributed by atoms with Crippen LogP contribution in [0, 0.1) is 0 Å². The van der Waals surface area contributed by atoms with E-state index >= 15 is 0 Å². The third-order valence-corrected chi connectivity index (χ3v) is 13.7. The Morgan fingerprint density at radius 2 is 0.913 bits per heavy atom. The summed E-state index contributed by atoms with van der Waals surface area (Å²) in [6.45, 7) is 0. The fraction of sp³-hybridized carbons (Fsp3) is 0. The molecule has 0 amide bonds. The number of aromatic nitrogens is 1. The van der Waals surface area contributed by atoms with Crippen LogP contribution in [0.1, 0.15) is 0 Å². The summed E-state index contributed by atoms with van der Waals surface area (Å²) in [4.78, 5) is 4.57. The van der Waals surface area contributed by atoms with Gasteiger partial charge in [0.25, 0.3) is 0 Å². The number of pyridine rings is 1. The van der Waals surface area contributed by atoms with Gasteiger partial charge >= 0.3 is 0 Å². The molecule has 0 N–H and O–H groups in total. The van der Waals surface area contributed by atoms with Crippen LogP contribution in [0.5, 0.6) is 23.0 Å². The molecule has 9 rings (SSSR count). The van der Waals surface area contributed by atoms with E-state index in [-0.39, 0.29) is 0 Å². The smallest absolute Gasteiger partial charge is 0.140 e. The molecule has 2 aliphatic rings. The highest BCUT2D eigenvalue weighted by molar-refractivity contribution is 8.26. The zero-order chi connectivity index (χ0) is 30.7. The van der Waals surface area contributed by atoms with Crippen molar-refractivity contribution >= 4 is 33.8 Å². The van der Waals surface area contributed by atoms with E-state index in [1.807, 2.05) is 36.5 Å². The maximum atomic E-state index is 6.87. The molecule has 6 aromatic carbocycles. The Labute approximate surface area is 272 Å². The number of nitrogens with zero attached hydrogens (tertiary/aromatic N) is 1. The molecule has 7 aromatic rings. The van der Waals surface area contributed by atoms with Gasteiger partial charge in [-0.25, -0.2) is 0 Å². The average molecular weight is 628 g/mol. The number of fused-ring (bicyclic) bond motifs is 4.